The van der Waals surface area contributed by atoms with Gasteiger partial charge in [0.2, 0.25) is 5.91 Å². The molecule has 0 saturated heterocycles. The van der Waals surface area contributed by atoms with Gasteiger partial charge >= 0.3 is 0 Å². The molecule has 2 N–H and O–H groups in total. The van der Waals surface area contributed by atoms with Crippen molar-refractivity contribution in [1.82, 2.24) is 15.5 Å². The Morgan fingerprint density at radius 3 is 2.53 bits per heavy atom. The van der Waals surface area contributed by atoms with Gasteiger partial charge in [-0.3, -0.25) is 4.79 Å². The molecule has 0 aliphatic rings. The molecule has 0 atom stereocenters. The topological polar surface area (TPSA) is 44.4 Å². The van der Waals surface area contributed by atoms with E-state index in [4.69, 9.17) is 0 Å². The lowest BCUT2D eigenvalue weighted by molar-refractivity contribution is -0.121. The molecule has 0 saturated carbocycles. The molecular weight excluding hydrogens is 238 g/mol. The van der Waals surface area contributed by atoms with Gasteiger partial charge < -0.3 is 15.5 Å². The largest absolute Gasteiger partial charge is 0.352 e. The molecule has 0 fully saturated rings. The summed E-state index contributed by atoms with van der Waals surface area (Å²) in [4.78, 5) is 13.8. The van der Waals surface area contributed by atoms with Crippen molar-refractivity contribution >= 4 is 5.91 Å². The van der Waals surface area contributed by atoms with E-state index >= 15 is 0 Å². The fourth-order valence-corrected chi connectivity index (χ4v) is 1.93. The molecule has 0 spiro atoms. The van der Waals surface area contributed by atoms with Crippen molar-refractivity contribution in [3.8, 4) is 0 Å². The van der Waals surface area contributed by atoms with Crippen molar-refractivity contribution in [1.29, 1.82) is 0 Å². The van der Waals surface area contributed by atoms with Gasteiger partial charge in [-0.15, -0.1) is 0 Å². The quantitative estimate of drug-likeness (QED) is 0.696. The SMILES string of the molecule is CNCCCC(=O)NCc1ccccc1CN(C)C. The van der Waals surface area contributed by atoms with Crippen LogP contribution in [-0.4, -0.2) is 38.5 Å². The molecule has 4 heteroatoms. The lowest BCUT2D eigenvalue weighted by Crippen LogP contribution is -2.24. The smallest absolute Gasteiger partial charge is 0.220 e. The fourth-order valence-electron chi connectivity index (χ4n) is 1.93. The van der Waals surface area contributed by atoms with E-state index in [0.717, 1.165) is 19.5 Å². The minimum absolute atomic E-state index is 0.120. The van der Waals surface area contributed by atoms with E-state index in [9.17, 15) is 4.79 Å². The third-order valence-electron chi connectivity index (χ3n) is 2.91. The summed E-state index contributed by atoms with van der Waals surface area (Å²) in [6.07, 6.45) is 1.46. The van der Waals surface area contributed by atoms with Crippen LogP contribution in [0.2, 0.25) is 0 Å². The molecule has 1 aromatic carbocycles. The molecule has 0 unspecified atom stereocenters. The van der Waals surface area contributed by atoms with Crippen LogP contribution in [0.5, 0.6) is 0 Å². The van der Waals surface area contributed by atoms with Gasteiger partial charge in [0, 0.05) is 19.5 Å². The molecule has 1 aromatic rings. The highest BCUT2D eigenvalue weighted by molar-refractivity contribution is 5.75. The lowest BCUT2D eigenvalue weighted by Gasteiger charge is -2.14. The fraction of sp³-hybridized carbons (Fsp3) is 0.533. The van der Waals surface area contributed by atoms with Crippen LogP contribution in [0.15, 0.2) is 24.3 Å². The van der Waals surface area contributed by atoms with E-state index in [-0.39, 0.29) is 5.91 Å². The van der Waals surface area contributed by atoms with Crippen LogP contribution in [0.25, 0.3) is 0 Å². The maximum Gasteiger partial charge on any atom is 0.220 e. The number of carbonyl (C=O) groups is 1. The summed E-state index contributed by atoms with van der Waals surface area (Å²) in [6, 6.07) is 8.24. The average Bonchev–Trinajstić information content (AvgIpc) is 2.37. The first-order valence-corrected chi connectivity index (χ1v) is 6.76. The first kappa shape index (κ1) is 15.7. The van der Waals surface area contributed by atoms with Crippen LogP contribution >= 0.6 is 0 Å². The van der Waals surface area contributed by atoms with Gasteiger partial charge in [0.25, 0.3) is 0 Å². The van der Waals surface area contributed by atoms with Crippen molar-refractivity contribution in [2.75, 3.05) is 27.7 Å². The van der Waals surface area contributed by atoms with Gasteiger partial charge in [-0.1, -0.05) is 24.3 Å². The molecule has 0 heterocycles. The van der Waals surface area contributed by atoms with Crippen LogP contribution < -0.4 is 10.6 Å². The van der Waals surface area contributed by atoms with E-state index in [0.29, 0.717) is 13.0 Å². The van der Waals surface area contributed by atoms with E-state index in [1.54, 1.807) is 0 Å². The van der Waals surface area contributed by atoms with Crippen LogP contribution in [0, 0.1) is 0 Å². The Morgan fingerprint density at radius 1 is 1.21 bits per heavy atom. The zero-order chi connectivity index (χ0) is 14.1. The Bertz CT molecular complexity index is 391. The molecule has 0 radical (unpaired) electrons. The Hall–Kier alpha value is -1.39. The minimum Gasteiger partial charge on any atom is -0.352 e. The van der Waals surface area contributed by atoms with Gasteiger partial charge in [0.1, 0.15) is 0 Å². The Balaban J connectivity index is 2.46. The van der Waals surface area contributed by atoms with Crippen LogP contribution in [0.3, 0.4) is 0 Å². The Labute approximate surface area is 116 Å². The summed E-state index contributed by atoms with van der Waals surface area (Å²) in [6.45, 7) is 2.39. The number of nitrogens with one attached hydrogen (secondary N) is 2. The molecule has 0 aromatic heterocycles. The number of hydrogen-bond acceptors (Lipinski definition) is 3. The molecule has 0 aliphatic carbocycles. The summed E-state index contributed by atoms with van der Waals surface area (Å²) >= 11 is 0. The molecule has 106 valence electrons. The van der Waals surface area contributed by atoms with Crippen molar-refractivity contribution < 1.29 is 4.79 Å². The van der Waals surface area contributed by atoms with Gasteiger partial charge in [-0.25, -0.2) is 0 Å². The van der Waals surface area contributed by atoms with Crippen LogP contribution in [-0.2, 0) is 17.9 Å². The first-order valence-electron chi connectivity index (χ1n) is 6.76. The number of benzene rings is 1. The number of nitrogens with zero attached hydrogens (tertiary/aromatic N) is 1. The zero-order valence-corrected chi connectivity index (χ0v) is 12.2. The normalized spacial score (nSPS) is 10.7. The van der Waals surface area contributed by atoms with E-state index in [1.807, 2.05) is 33.3 Å². The standard InChI is InChI=1S/C15H25N3O/c1-16-10-6-9-15(19)17-11-13-7-4-5-8-14(13)12-18(2)3/h4-5,7-8,16H,6,9-12H2,1-3H3,(H,17,19). The average molecular weight is 263 g/mol. The minimum atomic E-state index is 0.120. The lowest BCUT2D eigenvalue weighted by atomic mass is 10.1. The summed E-state index contributed by atoms with van der Waals surface area (Å²) in [7, 11) is 6.00. The second-order valence-electron chi connectivity index (χ2n) is 4.99. The van der Waals surface area contributed by atoms with Gasteiger partial charge in [-0.2, -0.15) is 0 Å². The first-order chi connectivity index (χ1) is 9.13. The molecule has 0 bridgehead atoms. The number of rotatable bonds is 8. The van der Waals surface area contributed by atoms with Crippen molar-refractivity contribution in [2.45, 2.75) is 25.9 Å². The van der Waals surface area contributed by atoms with E-state index < -0.39 is 0 Å². The van der Waals surface area contributed by atoms with Crippen LogP contribution in [0.4, 0.5) is 0 Å². The summed E-state index contributed by atoms with van der Waals surface area (Å²) < 4.78 is 0. The summed E-state index contributed by atoms with van der Waals surface area (Å²) in [5, 5.41) is 6.03. The predicted molar refractivity (Wildman–Crippen MR) is 78.8 cm³/mol. The summed E-state index contributed by atoms with van der Waals surface area (Å²) in [5.41, 5.74) is 2.46. The molecule has 1 amide bonds. The number of carbonyl (C=O) groups excluding carboxylic acids is 1. The highest BCUT2D eigenvalue weighted by Crippen LogP contribution is 2.10. The molecule has 0 aliphatic heterocycles. The van der Waals surface area contributed by atoms with Crippen molar-refractivity contribution in [2.24, 2.45) is 0 Å². The third-order valence-corrected chi connectivity index (χ3v) is 2.91. The molecule has 4 nitrogen and oxygen atoms in total. The van der Waals surface area contributed by atoms with E-state index in [1.165, 1.54) is 11.1 Å². The Kier molecular flexibility index (Phi) is 7.15. The number of amides is 1. The predicted octanol–water partition coefficient (Wildman–Crippen LogP) is 1.36. The zero-order valence-electron chi connectivity index (χ0n) is 12.2. The molecular formula is C15H25N3O. The van der Waals surface area contributed by atoms with Crippen molar-refractivity contribution in [3.05, 3.63) is 35.4 Å². The molecule has 19 heavy (non-hydrogen) atoms. The highest BCUT2D eigenvalue weighted by atomic mass is 16.1. The second kappa shape index (κ2) is 8.67. The highest BCUT2D eigenvalue weighted by Gasteiger charge is 2.05. The maximum atomic E-state index is 11.7. The van der Waals surface area contributed by atoms with Gasteiger partial charge in [0.15, 0.2) is 0 Å². The Morgan fingerprint density at radius 2 is 1.89 bits per heavy atom. The van der Waals surface area contributed by atoms with Gasteiger partial charge in [0.05, 0.1) is 0 Å². The third kappa shape index (κ3) is 6.36. The second-order valence-corrected chi connectivity index (χ2v) is 4.99. The van der Waals surface area contributed by atoms with Crippen LogP contribution in [0.1, 0.15) is 24.0 Å². The monoisotopic (exact) mass is 263 g/mol. The maximum absolute atomic E-state index is 11.7. The molecule has 1 rings (SSSR count). The number of hydrogen-bond donors (Lipinski definition) is 2. The summed E-state index contributed by atoms with van der Waals surface area (Å²) in [5.74, 6) is 0.120. The van der Waals surface area contributed by atoms with Crippen molar-refractivity contribution in [3.63, 3.8) is 0 Å². The van der Waals surface area contributed by atoms with Gasteiger partial charge in [-0.05, 0) is 45.2 Å². The van der Waals surface area contributed by atoms with E-state index in [2.05, 4.69) is 27.7 Å².